The molecule has 1 saturated heterocycles. The van der Waals surface area contributed by atoms with E-state index >= 15 is 0 Å². The van der Waals surface area contributed by atoms with Crippen molar-refractivity contribution >= 4 is 5.52 Å². The molecule has 2 aromatic heterocycles. The molecule has 0 aliphatic carbocycles. The van der Waals surface area contributed by atoms with Gasteiger partial charge in [0.1, 0.15) is 0 Å². The molecular formula is C14H19N3O. The maximum atomic E-state index is 10.6. The summed E-state index contributed by atoms with van der Waals surface area (Å²) in [4.78, 5) is 6.47. The highest BCUT2D eigenvalue weighted by molar-refractivity contribution is 5.46. The minimum Gasteiger partial charge on any atom is -0.387 e. The number of nitrogens with zero attached hydrogens (tertiary/aromatic N) is 3. The average molecular weight is 245 g/mol. The Kier molecular flexibility index (Phi) is 3.06. The van der Waals surface area contributed by atoms with E-state index in [2.05, 4.69) is 16.9 Å². The molecule has 0 radical (unpaired) electrons. The van der Waals surface area contributed by atoms with Crippen LogP contribution in [0.5, 0.6) is 0 Å². The van der Waals surface area contributed by atoms with E-state index in [1.54, 1.807) is 6.33 Å². The number of fused-ring (bicyclic) bond motifs is 1. The third-order valence-corrected chi connectivity index (χ3v) is 3.99. The number of piperidine rings is 1. The Labute approximate surface area is 107 Å². The van der Waals surface area contributed by atoms with E-state index in [-0.39, 0.29) is 0 Å². The minimum absolute atomic E-state index is 0.356. The van der Waals surface area contributed by atoms with Gasteiger partial charge in [-0.3, -0.25) is 0 Å². The first-order valence-electron chi connectivity index (χ1n) is 6.53. The Hall–Kier alpha value is -1.39. The molecule has 1 aliphatic rings. The molecule has 4 nitrogen and oxygen atoms in total. The second-order valence-electron chi connectivity index (χ2n) is 5.22. The molecule has 0 bridgehead atoms. The predicted octanol–water partition coefficient (Wildman–Crippen LogP) is 1.71. The van der Waals surface area contributed by atoms with E-state index < -0.39 is 6.10 Å². The van der Waals surface area contributed by atoms with Crippen molar-refractivity contribution in [2.75, 3.05) is 20.1 Å². The third-order valence-electron chi connectivity index (χ3n) is 3.99. The summed E-state index contributed by atoms with van der Waals surface area (Å²) in [5.74, 6) is 0.356. The maximum absolute atomic E-state index is 10.6. The first kappa shape index (κ1) is 11.7. The second kappa shape index (κ2) is 4.71. The molecule has 1 N–H and O–H groups in total. The van der Waals surface area contributed by atoms with E-state index in [9.17, 15) is 5.11 Å². The smallest absolute Gasteiger partial charge is 0.0995 e. The highest BCUT2D eigenvalue weighted by Gasteiger charge is 2.26. The van der Waals surface area contributed by atoms with Crippen LogP contribution in [-0.2, 0) is 0 Å². The number of hydrogen-bond acceptors (Lipinski definition) is 3. The van der Waals surface area contributed by atoms with Crippen LogP contribution in [0.15, 0.2) is 30.7 Å². The molecule has 1 aliphatic heterocycles. The SMILES string of the molecule is CN1CCC(C(O)c2cccc3cncn23)CC1. The van der Waals surface area contributed by atoms with Gasteiger partial charge in [0.05, 0.1) is 29.8 Å². The number of hydrogen-bond donors (Lipinski definition) is 1. The maximum Gasteiger partial charge on any atom is 0.0995 e. The van der Waals surface area contributed by atoms with Gasteiger partial charge < -0.3 is 14.4 Å². The average Bonchev–Trinajstić information content (AvgIpc) is 2.87. The summed E-state index contributed by atoms with van der Waals surface area (Å²) in [6.07, 6.45) is 5.33. The predicted molar refractivity (Wildman–Crippen MR) is 70.4 cm³/mol. The summed E-state index contributed by atoms with van der Waals surface area (Å²) in [5, 5.41) is 10.6. The largest absolute Gasteiger partial charge is 0.387 e. The van der Waals surface area contributed by atoms with Crippen molar-refractivity contribution in [3.05, 3.63) is 36.4 Å². The highest BCUT2D eigenvalue weighted by Crippen LogP contribution is 2.30. The molecule has 1 fully saturated rings. The Morgan fingerprint density at radius 2 is 2.11 bits per heavy atom. The molecule has 0 spiro atoms. The van der Waals surface area contributed by atoms with Crippen LogP contribution in [-0.4, -0.2) is 39.5 Å². The number of pyridine rings is 1. The quantitative estimate of drug-likeness (QED) is 0.875. The van der Waals surface area contributed by atoms with Crippen LogP contribution < -0.4 is 0 Å². The zero-order chi connectivity index (χ0) is 12.5. The molecule has 96 valence electrons. The van der Waals surface area contributed by atoms with Crippen LogP contribution >= 0.6 is 0 Å². The van der Waals surface area contributed by atoms with Crippen molar-refractivity contribution < 1.29 is 5.11 Å². The number of aliphatic hydroxyl groups is 1. The van der Waals surface area contributed by atoms with Crippen LogP contribution in [0.25, 0.3) is 5.52 Å². The summed E-state index contributed by atoms with van der Waals surface area (Å²) < 4.78 is 1.99. The fourth-order valence-electron chi connectivity index (χ4n) is 2.80. The summed E-state index contributed by atoms with van der Waals surface area (Å²) in [6.45, 7) is 2.14. The fraction of sp³-hybridized carbons (Fsp3) is 0.500. The van der Waals surface area contributed by atoms with E-state index in [0.29, 0.717) is 5.92 Å². The molecule has 0 saturated carbocycles. The topological polar surface area (TPSA) is 40.8 Å². The normalized spacial score (nSPS) is 20.3. The fourth-order valence-corrected chi connectivity index (χ4v) is 2.80. The number of aromatic nitrogens is 2. The Morgan fingerprint density at radius 1 is 1.33 bits per heavy atom. The lowest BCUT2D eigenvalue weighted by Gasteiger charge is -2.32. The molecule has 18 heavy (non-hydrogen) atoms. The Morgan fingerprint density at radius 3 is 2.89 bits per heavy atom. The highest BCUT2D eigenvalue weighted by atomic mass is 16.3. The van der Waals surface area contributed by atoms with Gasteiger partial charge in [0.2, 0.25) is 0 Å². The van der Waals surface area contributed by atoms with E-state index in [1.165, 1.54) is 0 Å². The van der Waals surface area contributed by atoms with Gasteiger partial charge in [-0.05, 0) is 51.0 Å². The Balaban J connectivity index is 1.87. The zero-order valence-corrected chi connectivity index (χ0v) is 10.7. The first-order chi connectivity index (χ1) is 8.75. The van der Waals surface area contributed by atoms with Crippen molar-refractivity contribution in [2.45, 2.75) is 18.9 Å². The minimum atomic E-state index is -0.392. The lowest BCUT2D eigenvalue weighted by Crippen LogP contribution is -2.33. The summed E-state index contributed by atoms with van der Waals surface area (Å²) in [6, 6.07) is 6.00. The number of imidazole rings is 1. The molecular weight excluding hydrogens is 226 g/mol. The van der Waals surface area contributed by atoms with E-state index in [1.807, 2.05) is 28.8 Å². The van der Waals surface area contributed by atoms with Gasteiger partial charge in [0, 0.05) is 0 Å². The van der Waals surface area contributed by atoms with Gasteiger partial charge in [-0.25, -0.2) is 4.98 Å². The molecule has 1 unspecified atom stereocenters. The molecule has 0 amide bonds. The molecule has 3 heterocycles. The molecule has 3 rings (SSSR count). The van der Waals surface area contributed by atoms with Crippen molar-refractivity contribution in [3.63, 3.8) is 0 Å². The summed E-state index contributed by atoms with van der Waals surface area (Å²) in [7, 11) is 2.14. The van der Waals surface area contributed by atoms with Gasteiger partial charge in [-0.2, -0.15) is 0 Å². The molecule has 0 aromatic carbocycles. The van der Waals surface area contributed by atoms with Crippen LogP contribution in [0.3, 0.4) is 0 Å². The van der Waals surface area contributed by atoms with Crippen LogP contribution in [0.4, 0.5) is 0 Å². The summed E-state index contributed by atoms with van der Waals surface area (Å²) >= 11 is 0. The van der Waals surface area contributed by atoms with Crippen molar-refractivity contribution in [1.82, 2.24) is 14.3 Å². The van der Waals surface area contributed by atoms with Gasteiger partial charge in [0.15, 0.2) is 0 Å². The van der Waals surface area contributed by atoms with Crippen molar-refractivity contribution in [3.8, 4) is 0 Å². The molecule has 1 atom stereocenters. The second-order valence-corrected chi connectivity index (χ2v) is 5.22. The lowest BCUT2D eigenvalue weighted by molar-refractivity contribution is 0.0618. The standard InChI is InChI=1S/C14H19N3O/c1-16-7-5-11(6-8-16)14(18)13-4-2-3-12-9-15-10-17(12)13/h2-4,9-11,14,18H,5-8H2,1H3. The van der Waals surface area contributed by atoms with Gasteiger partial charge >= 0.3 is 0 Å². The van der Waals surface area contributed by atoms with E-state index in [4.69, 9.17) is 0 Å². The first-order valence-corrected chi connectivity index (χ1v) is 6.53. The number of likely N-dealkylation sites (tertiary alicyclic amines) is 1. The van der Waals surface area contributed by atoms with Gasteiger partial charge in [0.25, 0.3) is 0 Å². The monoisotopic (exact) mass is 245 g/mol. The summed E-state index contributed by atoms with van der Waals surface area (Å²) in [5.41, 5.74) is 2.00. The Bertz CT molecular complexity index is 529. The van der Waals surface area contributed by atoms with Crippen molar-refractivity contribution in [1.29, 1.82) is 0 Å². The van der Waals surface area contributed by atoms with Gasteiger partial charge in [-0.1, -0.05) is 6.07 Å². The number of rotatable bonds is 2. The van der Waals surface area contributed by atoms with Crippen LogP contribution in [0, 0.1) is 5.92 Å². The molecule has 4 heteroatoms. The van der Waals surface area contributed by atoms with Crippen LogP contribution in [0.2, 0.25) is 0 Å². The molecule has 2 aromatic rings. The zero-order valence-electron chi connectivity index (χ0n) is 10.7. The number of aliphatic hydroxyl groups excluding tert-OH is 1. The lowest BCUT2D eigenvalue weighted by atomic mass is 9.89. The van der Waals surface area contributed by atoms with Gasteiger partial charge in [-0.15, -0.1) is 0 Å². The van der Waals surface area contributed by atoms with Crippen LogP contribution in [0.1, 0.15) is 24.6 Å². The van der Waals surface area contributed by atoms with E-state index in [0.717, 1.165) is 37.1 Å². The van der Waals surface area contributed by atoms with Crippen molar-refractivity contribution in [2.24, 2.45) is 5.92 Å². The third kappa shape index (κ3) is 2.02.